The minimum Gasteiger partial charge on any atom is -0.452 e. The fraction of sp³-hybridized carbons (Fsp3) is 0.350. The molecule has 0 unspecified atom stereocenters. The smallest absolute Gasteiger partial charge is 0.331 e. The maximum absolute atomic E-state index is 12.0. The first-order valence-electron chi connectivity index (χ1n) is 9.02. The first kappa shape index (κ1) is 20.1. The van der Waals surface area contributed by atoms with Crippen molar-refractivity contribution >= 4 is 29.6 Å². The van der Waals surface area contributed by atoms with Crippen molar-refractivity contribution in [2.45, 2.75) is 13.5 Å². The van der Waals surface area contributed by atoms with Crippen molar-refractivity contribution in [1.82, 2.24) is 14.7 Å². The number of nitrogens with zero attached hydrogens (tertiary/aromatic N) is 3. The highest BCUT2D eigenvalue weighted by molar-refractivity contribution is 6.31. The van der Waals surface area contributed by atoms with E-state index in [0.29, 0.717) is 49.3 Å². The van der Waals surface area contributed by atoms with Crippen LogP contribution in [0.4, 0.5) is 0 Å². The molecule has 0 radical (unpaired) electrons. The van der Waals surface area contributed by atoms with Gasteiger partial charge in [-0.2, -0.15) is 5.10 Å². The van der Waals surface area contributed by atoms with Crippen LogP contribution in [0.5, 0.6) is 0 Å². The van der Waals surface area contributed by atoms with Crippen molar-refractivity contribution in [3.8, 4) is 0 Å². The van der Waals surface area contributed by atoms with Crippen LogP contribution in [0, 0.1) is 6.92 Å². The Hall–Kier alpha value is -2.64. The summed E-state index contributed by atoms with van der Waals surface area (Å²) in [7, 11) is 0. The van der Waals surface area contributed by atoms with Gasteiger partial charge in [-0.25, -0.2) is 9.48 Å². The highest BCUT2D eigenvalue weighted by Gasteiger charge is 2.18. The summed E-state index contributed by atoms with van der Waals surface area (Å²) < 4.78 is 11.9. The van der Waals surface area contributed by atoms with Gasteiger partial charge in [-0.3, -0.25) is 4.79 Å². The fourth-order valence-electron chi connectivity index (χ4n) is 2.85. The number of rotatable bonds is 6. The van der Waals surface area contributed by atoms with Gasteiger partial charge in [-0.05, 0) is 18.6 Å². The Labute approximate surface area is 168 Å². The van der Waals surface area contributed by atoms with Crippen LogP contribution < -0.4 is 0 Å². The zero-order valence-corrected chi connectivity index (χ0v) is 16.4. The summed E-state index contributed by atoms with van der Waals surface area (Å²) in [5, 5.41) is 4.87. The Morgan fingerprint density at radius 3 is 2.68 bits per heavy atom. The average Bonchev–Trinajstić information content (AvgIpc) is 2.98. The topological polar surface area (TPSA) is 73.7 Å². The highest BCUT2D eigenvalue weighted by Crippen LogP contribution is 2.22. The molecule has 1 amide bonds. The van der Waals surface area contributed by atoms with Crippen LogP contribution in [0.25, 0.3) is 6.08 Å². The van der Waals surface area contributed by atoms with Gasteiger partial charge in [-0.1, -0.05) is 41.9 Å². The second kappa shape index (κ2) is 9.52. The molecule has 0 spiro atoms. The number of halogens is 1. The molecule has 8 heteroatoms. The lowest BCUT2D eigenvalue weighted by Gasteiger charge is -2.26. The van der Waals surface area contributed by atoms with E-state index < -0.39 is 5.97 Å². The molecule has 0 aliphatic carbocycles. The standard InChI is InChI=1S/C20H22ClN3O4/c1-15-17(20(21)24(22-15)13-16-5-3-2-4-6-16)7-8-19(26)28-14-18(25)23-9-11-27-12-10-23/h2-8H,9-14H2,1H3/b8-7+. The Bertz CT molecular complexity index is 858. The van der Waals surface area contributed by atoms with E-state index in [4.69, 9.17) is 21.1 Å². The molecule has 3 rings (SSSR count). The third-order valence-electron chi connectivity index (χ3n) is 4.37. The van der Waals surface area contributed by atoms with Crippen molar-refractivity contribution in [1.29, 1.82) is 0 Å². The molecule has 1 aromatic heterocycles. The van der Waals surface area contributed by atoms with E-state index in [0.717, 1.165) is 5.56 Å². The van der Waals surface area contributed by atoms with E-state index in [2.05, 4.69) is 5.10 Å². The highest BCUT2D eigenvalue weighted by atomic mass is 35.5. The zero-order chi connectivity index (χ0) is 19.9. The molecular formula is C20H22ClN3O4. The lowest BCUT2D eigenvalue weighted by atomic mass is 10.2. The van der Waals surface area contributed by atoms with Crippen molar-refractivity contribution < 1.29 is 19.1 Å². The predicted molar refractivity (Wildman–Crippen MR) is 105 cm³/mol. The zero-order valence-electron chi connectivity index (χ0n) is 15.6. The molecule has 7 nitrogen and oxygen atoms in total. The number of carbonyl (C=O) groups is 2. The Kier molecular flexibility index (Phi) is 6.84. The van der Waals surface area contributed by atoms with Gasteiger partial charge in [0.05, 0.1) is 25.5 Å². The van der Waals surface area contributed by atoms with E-state index in [1.54, 1.807) is 15.7 Å². The van der Waals surface area contributed by atoms with E-state index in [9.17, 15) is 9.59 Å². The van der Waals surface area contributed by atoms with Crippen LogP contribution >= 0.6 is 11.6 Å². The first-order chi connectivity index (χ1) is 13.5. The summed E-state index contributed by atoms with van der Waals surface area (Å²) in [6.45, 7) is 4.11. The third kappa shape index (κ3) is 5.21. The first-order valence-corrected chi connectivity index (χ1v) is 9.39. The van der Waals surface area contributed by atoms with Crippen molar-refractivity contribution in [2.24, 2.45) is 0 Å². The second-order valence-electron chi connectivity index (χ2n) is 6.37. The summed E-state index contributed by atoms with van der Waals surface area (Å²) in [6.07, 6.45) is 2.82. The number of aryl methyl sites for hydroxylation is 1. The van der Waals surface area contributed by atoms with E-state index >= 15 is 0 Å². The van der Waals surface area contributed by atoms with Gasteiger partial charge in [0.2, 0.25) is 0 Å². The molecule has 1 aliphatic heterocycles. The molecule has 1 aliphatic rings. The van der Waals surface area contributed by atoms with Crippen LogP contribution in [0.15, 0.2) is 36.4 Å². The Balaban J connectivity index is 1.57. The largest absolute Gasteiger partial charge is 0.452 e. The predicted octanol–water partition coefficient (Wildman–Crippen LogP) is 2.31. The molecule has 0 N–H and O–H groups in total. The number of morpholine rings is 1. The van der Waals surface area contributed by atoms with Crippen LogP contribution in [0.2, 0.25) is 5.15 Å². The number of hydrogen-bond donors (Lipinski definition) is 0. The van der Waals surface area contributed by atoms with Gasteiger partial charge in [0.15, 0.2) is 6.61 Å². The van der Waals surface area contributed by atoms with Gasteiger partial charge in [-0.15, -0.1) is 0 Å². The maximum Gasteiger partial charge on any atom is 0.331 e. The number of amides is 1. The summed E-state index contributed by atoms with van der Waals surface area (Å²) in [4.78, 5) is 25.6. The van der Waals surface area contributed by atoms with Crippen molar-refractivity contribution in [3.63, 3.8) is 0 Å². The molecule has 1 saturated heterocycles. The van der Waals surface area contributed by atoms with Gasteiger partial charge < -0.3 is 14.4 Å². The van der Waals surface area contributed by atoms with Gasteiger partial charge >= 0.3 is 5.97 Å². The maximum atomic E-state index is 12.0. The number of carbonyl (C=O) groups excluding carboxylic acids is 2. The normalized spacial score (nSPS) is 14.4. The molecule has 1 aromatic carbocycles. The lowest BCUT2D eigenvalue weighted by Crippen LogP contribution is -2.42. The van der Waals surface area contributed by atoms with Crippen LogP contribution in [-0.2, 0) is 25.6 Å². The van der Waals surface area contributed by atoms with E-state index in [1.807, 2.05) is 37.3 Å². The molecule has 28 heavy (non-hydrogen) atoms. The summed E-state index contributed by atoms with van der Waals surface area (Å²) in [5.41, 5.74) is 2.42. The van der Waals surface area contributed by atoms with Gasteiger partial charge in [0, 0.05) is 24.7 Å². The lowest BCUT2D eigenvalue weighted by molar-refractivity contribution is -0.150. The molecular weight excluding hydrogens is 382 g/mol. The SMILES string of the molecule is Cc1nn(Cc2ccccc2)c(Cl)c1/C=C/C(=O)OCC(=O)N1CCOCC1. The quantitative estimate of drug-likeness (QED) is 0.546. The minimum absolute atomic E-state index is 0.227. The third-order valence-corrected chi connectivity index (χ3v) is 4.77. The summed E-state index contributed by atoms with van der Waals surface area (Å²) in [6, 6.07) is 9.84. The average molecular weight is 404 g/mol. The van der Waals surface area contributed by atoms with Crippen molar-refractivity contribution in [3.05, 3.63) is 58.4 Å². The van der Waals surface area contributed by atoms with Crippen LogP contribution in [-0.4, -0.2) is 59.5 Å². The number of ether oxygens (including phenoxy) is 2. The molecule has 0 atom stereocenters. The monoisotopic (exact) mass is 403 g/mol. The molecule has 2 heterocycles. The second-order valence-corrected chi connectivity index (χ2v) is 6.73. The molecule has 1 fully saturated rings. The molecule has 0 saturated carbocycles. The number of hydrogen-bond acceptors (Lipinski definition) is 5. The van der Waals surface area contributed by atoms with Gasteiger partial charge in [0.1, 0.15) is 5.15 Å². The Morgan fingerprint density at radius 1 is 1.25 bits per heavy atom. The van der Waals surface area contributed by atoms with E-state index in [1.165, 1.54) is 6.08 Å². The van der Waals surface area contributed by atoms with Gasteiger partial charge in [0.25, 0.3) is 5.91 Å². The van der Waals surface area contributed by atoms with Crippen LogP contribution in [0.3, 0.4) is 0 Å². The molecule has 2 aromatic rings. The number of aromatic nitrogens is 2. The van der Waals surface area contributed by atoms with E-state index in [-0.39, 0.29) is 12.5 Å². The van der Waals surface area contributed by atoms with Crippen molar-refractivity contribution in [2.75, 3.05) is 32.9 Å². The van der Waals surface area contributed by atoms with Crippen LogP contribution in [0.1, 0.15) is 16.8 Å². The summed E-state index contributed by atoms with van der Waals surface area (Å²) >= 11 is 6.42. The number of benzene rings is 1. The molecule has 0 bridgehead atoms. The minimum atomic E-state index is -0.604. The summed E-state index contributed by atoms with van der Waals surface area (Å²) in [5.74, 6) is -0.831. The fourth-order valence-corrected chi connectivity index (χ4v) is 3.15. The number of esters is 1. The molecule has 148 valence electrons. The Morgan fingerprint density at radius 2 is 1.96 bits per heavy atom.